The second-order valence-electron chi connectivity index (χ2n) is 6.16. The average molecular weight is 411 g/mol. The maximum Gasteiger partial charge on any atom is 0.317 e. The first kappa shape index (κ1) is 20.2. The van der Waals surface area contributed by atoms with Crippen molar-refractivity contribution >= 4 is 34.1 Å². The van der Waals surface area contributed by atoms with Crippen molar-refractivity contribution in [2.75, 3.05) is 30.4 Å². The Morgan fingerprint density at radius 1 is 1.17 bits per heavy atom. The van der Waals surface area contributed by atoms with Crippen molar-refractivity contribution in [1.82, 2.24) is 4.98 Å². The van der Waals surface area contributed by atoms with Crippen LogP contribution in [0.4, 0.5) is 15.6 Å². The Balaban J connectivity index is 1.77. The summed E-state index contributed by atoms with van der Waals surface area (Å²) in [4.78, 5) is 30.0. The number of anilines is 2. The number of likely N-dealkylation sites (N-methyl/N-ethyl adjacent to an activating group) is 1. The van der Waals surface area contributed by atoms with Gasteiger partial charge in [-0.1, -0.05) is 18.2 Å². The number of carbonyl (C=O) groups is 2. The minimum absolute atomic E-state index is 0.202. The van der Waals surface area contributed by atoms with Crippen molar-refractivity contribution in [1.29, 1.82) is 0 Å². The third-order valence-electron chi connectivity index (χ3n) is 4.11. The molecule has 0 aliphatic rings. The Hall–Kier alpha value is -3.59. The van der Waals surface area contributed by atoms with Gasteiger partial charge in [0.15, 0.2) is 0 Å². The summed E-state index contributed by atoms with van der Waals surface area (Å²) in [5.74, 6) is 0.868. The lowest BCUT2D eigenvalue weighted by molar-refractivity contribution is 0.100. The number of aromatic nitrogens is 1. The number of nitrogens with one attached hydrogen (secondary N) is 1. The first-order valence-electron chi connectivity index (χ1n) is 8.80. The van der Waals surface area contributed by atoms with E-state index in [1.165, 1.54) is 11.3 Å². The van der Waals surface area contributed by atoms with Crippen LogP contribution in [0.15, 0.2) is 54.7 Å². The van der Waals surface area contributed by atoms with Crippen LogP contribution in [-0.2, 0) is 0 Å². The highest BCUT2D eigenvalue weighted by molar-refractivity contribution is 7.20. The summed E-state index contributed by atoms with van der Waals surface area (Å²) >= 11 is 1.21. The first-order chi connectivity index (χ1) is 14.0. The van der Waals surface area contributed by atoms with Gasteiger partial charge in [0.1, 0.15) is 23.2 Å². The Kier molecular flexibility index (Phi) is 6.30. The molecule has 0 saturated heterocycles. The molecule has 0 aliphatic heterocycles. The predicted octanol–water partition coefficient (Wildman–Crippen LogP) is 2.91. The predicted molar refractivity (Wildman–Crippen MR) is 114 cm³/mol. The fourth-order valence-corrected chi connectivity index (χ4v) is 3.79. The number of thiophene rings is 1. The van der Waals surface area contributed by atoms with Gasteiger partial charge in [-0.25, -0.2) is 9.78 Å². The minimum Gasteiger partial charge on any atom is -0.491 e. The average Bonchev–Trinajstić information content (AvgIpc) is 3.12. The summed E-state index contributed by atoms with van der Waals surface area (Å²) in [6.07, 6.45) is 1.74. The van der Waals surface area contributed by atoms with Crippen LogP contribution in [0.1, 0.15) is 10.4 Å². The molecule has 0 unspecified atom stereocenters. The highest BCUT2D eigenvalue weighted by Gasteiger charge is 2.18. The van der Waals surface area contributed by atoms with Crippen molar-refractivity contribution in [3.8, 4) is 16.2 Å². The van der Waals surface area contributed by atoms with E-state index < -0.39 is 11.9 Å². The number of ether oxygens (including phenoxy) is 1. The first-order valence-corrected chi connectivity index (χ1v) is 9.62. The van der Waals surface area contributed by atoms with Gasteiger partial charge in [0.25, 0.3) is 5.91 Å². The van der Waals surface area contributed by atoms with E-state index in [1.54, 1.807) is 12.3 Å². The number of urea groups is 1. The molecule has 3 rings (SSSR count). The molecule has 29 heavy (non-hydrogen) atoms. The van der Waals surface area contributed by atoms with E-state index in [9.17, 15) is 9.59 Å². The molecule has 1 aromatic carbocycles. The van der Waals surface area contributed by atoms with Gasteiger partial charge >= 0.3 is 6.03 Å². The standard InChI is InChI=1S/C20H21N5O3S/c1-25(17-8-4-5-9-23-17)10-11-28-15-7-3-2-6-13(15)16-12-14(18(21)26)19(29-16)24-20(22)27/h2-9,12H,10-11H2,1H3,(H2,21,26)(H3,22,24,27). The fourth-order valence-electron chi connectivity index (χ4n) is 2.69. The quantitative estimate of drug-likeness (QED) is 0.526. The molecular formula is C20H21N5O3S. The summed E-state index contributed by atoms with van der Waals surface area (Å²) in [6, 6.07) is 14.1. The lowest BCUT2D eigenvalue weighted by Crippen LogP contribution is -2.24. The van der Waals surface area contributed by atoms with E-state index in [2.05, 4.69) is 10.3 Å². The zero-order chi connectivity index (χ0) is 20.8. The van der Waals surface area contributed by atoms with Gasteiger partial charge < -0.3 is 21.1 Å². The molecule has 0 radical (unpaired) electrons. The number of hydrogen-bond donors (Lipinski definition) is 3. The Labute approximate surface area is 172 Å². The van der Waals surface area contributed by atoms with Crippen molar-refractivity contribution < 1.29 is 14.3 Å². The number of hydrogen-bond acceptors (Lipinski definition) is 6. The van der Waals surface area contributed by atoms with Crippen molar-refractivity contribution in [2.24, 2.45) is 11.5 Å². The molecule has 3 amide bonds. The number of nitrogens with two attached hydrogens (primary N) is 2. The van der Waals surface area contributed by atoms with Gasteiger partial charge in [-0.15, -0.1) is 11.3 Å². The molecule has 0 fully saturated rings. The number of nitrogens with zero attached hydrogens (tertiary/aromatic N) is 2. The lowest BCUT2D eigenvalue weighted by Gasteiger charge is -2.18. The van der Waals surface area contributed by atoms with Gasteiger partial charge in [-0.3, -0.25) is 10.1 Å². The summed E-state index contributed by atoms with van der Waals surface area (Å²) in [5.41, 5.74) is 11.6. The summed E-state index contributed by atoms with van der Waals surface area (Å²) in [5, 5.41) is 2.75. The monoisotopic (exact) mass is 411 g/mol. The molecule has 5 N–H and O–H groups in total. The van der Waals surface area contributed by atoms with Crippen LogP contribution < -0.4 is 26.4 Å². The molecular weight excluding hydrogens is 390 g/mol. The maximum absolute atomic E-state index is 11.7. The van der Waals surface area contributed by atoms with Crippen LogP contribution in [0.2, 0.25) is 0 Å². The molecule has 2 aromatic heterocycles. The van der Waals surface area contributed by atoms with Crippen LogP contribution in [-0.4, -0.2) is 37.1 Å². The molecule has 0 aliphatic carbocycles. The van der Waals surface area contributed by atoms with E-state index >= 15 is 0 Å². The molecule has 2 heterocycles. The smallest absolute Gasteiger partial charge is 0.317 e. The minimum atomic E-state index is -0.761. The number of carbonyl (C=O) groups excluding carboxylic acids is 2. The second kappa shape index (κ2) is 9.07. The number of pyridine rings is 1. The summed E-state index contributed by atoms with van der Waals surface area (Å²) in [7, 11) is 1.94. The lowest BCUT2D eigenvalue weighted by atomic mass is 10.1. The summed E-state index contributed by atoms with van der Waals surface area (Å²) < 4.78 is 5.98. The van der Waals surface area contributed by atoms with Gasteiger partial charge in [0.05, 0.1) is 12.1 Å². The number of benzene rings is 1. The normalized spacial score (nSPS) is 10.4. The van der Waals surface area contributed by atoms with E-state index in [4.69, 9.17) is 16.2 Å². The van der Waals surface area contributed by atoms with Crippen LogP contribution in [0, 0.1) is 0 Å². The topological polar surface area (TPSA) is 124 Å². The maximum atomic E-state index is 11.7. The molecule has 3 aromatic rings. The van der Waals surface area contributed by atoms with Crippen molar-refractivity contribution in [3.05, 3.63) is 60.3 Å². The zero-order valence-corrected chi connectivity index (χ0v) is 16.6. The Morgan fingerprint density at radius 3 is 2.62 bits per heavy atom. The van der Waals surface area contributed by atoms with Gasteiger partial charge in [-0.05, 0) is 30.3 Å². The van der Waals surface area contributed by atoms with E-state index in [-0.39, 0.29) is 5.56 Å². The van der Waals surface area contributed by atoms with Crippen molar-refractivity contribution in [2.45, 2.75) is 0 Å². The highest BCUT2D eigenvalue weighted by Crippen LogP contribution is 2.39. The third kappa shape index (κ3) is 5.02. The molecule has 150 valence electrons. The van der Waals surface area contributed by atoms with E-state index in [0.717, 1.165) is 16.3 Å². The number of primary amides is 2. The van der Waals surface area contributed by atoms with Crippen LogP contribution in [0.3, 0.4) is 0 Å². The van der Waals surface area contributed by atoms with Gasteiger partial charge in [0.2, 0.25) is 0 Å². The fraction of sp³-hybridized carbons (Fsp3) is 0.150. The highest BCUT2D eigenvalue weighted by atomic mass is 32.1. The van der Waals surface area contributed by atoms with Crippen LogP contribution in [0.25, 0.3) is 10.4 Å². The van der Waals surface area contributed by atoms with Gasteiger partial charge in [0, 0.05) is 23.7 Å². The molecule has 0 atom stereocenters. The van der Waals surface area contributed by atoms with E-state index in [1.807, 2.05) is 54.4 Å². The molecule has 0 bridgehead atoms. The van der Waals surface area contributed by atoms with Crippen LogP contribution >= 0.6 is 11.3 Å². The SMILES string of the molecule is CN(CCOc1ccccc1-c1cc(C(N)=O)c(NC(N)=O)s1)c1ccccn1. The largest absolute Gasteiger partial charge is 0.491 e. The van der Waals surface area contributed by atoms with E-state index in [0.29, 0.717) is 23.9 Å². The third-order valence-corrected chi connectivity index (χ3v) is 5.20. The molecule has 8 nitrogen and oxygen atoms in total. The number of rotatable bonds is 8. The zero-order valence-electron chi connectivity index (χ0n) is 15.8. The Bertz CT molecular complexity index is 1010. The molecule has 0 spiro atoms. The number of amides is 3. The summed E-state index contributed by atoms with van der Waals surface area (Å²) in [6.45, 7) is 1.07. The van der Waals surface area contributed by atoms with Crippen molar-refractivity contribution in [3.63, 3.8) is 0 Å². The molecule has 9 heteroatoms. The second-order valence-corrected chi connectivity index (χ2v) is 7.21. The number of para-hydroxylation sites is 1. The van der Waals surface area contributed by atoms with Crippen LogP contribution in [0.5, 0.6) is 5.75 Å². The molecule has 0 saturated carbocycles. The Morgan fingerprint density at radius 2 is 1.93 bits per heavy atom. The van der Waals surface area contributed by atoms with Gasteiger partial charge in [-0.2, -0.15) is 0 Å².